The lowest BCUT2D eigenvalue weighted by Crippen LogP contribution is -2.35. The zero-order chi connectivity index (χ0) is 9.47. The molecular weight excluding hydrogens is 156 g/mol. The Kier molecular flexibility index (Phi) is 1.94. The summed E-state index contributed by atoms with van der Waals surface area (Å²) in [5.74, 6) is 0.846. The molecule has 0 aliphatic heterocycles. The topological polar surface area (TPSA) is 0 Å². The predicted molar refractivity (Wildman–Crippen MR) is 57.5 cm³/mol. The molecule has 1 fully saturated rings. The summed E-state index contributed by atoms with van der Waals surface area (Å²) in [6.07, 6.45) is 12.1. The van der Waals surface area contributed by atoms with Crippen molar-refractivity contribution in [3.63, 3.8) is 0 Å². The highest BCUT2D eigenvalue weighted by Gasteiger charge is 2.40. The smallest absolute Gasteiger partial charge is 0.00932 e. The largest absolute Gasteiger partial charge is 0.0737 e. The lowest BCUT2D eigenvalue weighted by molar-refractivity contribution is 0.159. The fraction of sp³-hybridized carbons (Fsp3) is 0.538. The maximum atomic E-state index is 2.41. The minimum atomic E-state index is 0.430. The van der Waals surface area contributed by atoms with E-state index in [4.69, 9.17) is 0 Å². The van der Waals surface area contributed by atoms with Gasteiger partial charge in [0.05, 0.1) is 0 Å². The van der Waals surface area contributed by atoms with E-state index in [9.17, 15) is 0 Å². The van der Waals surface area contributed by atoms with Gasteiger partial charge < -0.3 is 0 Å². The van der Waals surface area contributed by atoms with Gasteiger partial charge in [-0.3, -0.25) is 0 Å². The van der Waals surface area contributed by atoms with Crippen molar-refractivity contribution in [2.45, 2.75) is 33.6 Å². The second-order valence-electron chi connectivity index (χ2n) is 4.67. The average molecular weight is 174 g/mol. The molecule has 0 aromatic rings. The molecule has 1 unspecified atom stereocenters. The molecule has 0 aromatic heterocycles. The van der Waals surface area contributed by atoms with Gasteiger partial charge >= 0.3 is 0 Å². The SMILES string of the molecule is CC(C)=C1C=CC2(C=C1)CCC2C. The molecule has 1 spiro atoms. The Morgan fingerprint density at radius 2 is 1.92 bits per heavy atom. The van der Waals surface area contributed by atoms with Crippen molar-refractivity contribution in [3.8, 4) is 0 Å². The Labute approximate surface area is 81.0 Å². The third-order valence-electron chi connectivity index (χ3n) is 3.65. The Morgan fingerprint density at radius 1 is 1.31 bits per heavy atom. The van der Waals surface area contributed by atoms with Crippen molar-refractivity contribution < 1.29 is 0 Å². The van der Waals surface area contributed by atoms with Crippen LogP contribution in [0.2, 0.25) is 0 Å². The van der Waals surface area contributed by atoms with Gasteiger partial charge in [-0.25, -0.2) is 0 Å². The summed E-state index contributed by atoms with van der Waals surface area (Å²) in [4.78, 5) is 0. The normalized spacial score (nSPS) is 36.5. The van der Waals surface area contributed by atoms with Crippen LogP contribution < -0.4 is 0 Å². The molecular formula is C13H18. The van der Waals surface area contributed by atoms with Crippen molar-refractivity contribution in [1.29, 1.82) is 0 Å². The summed E-state index contributed by atoms with van der Waals surface area (Å²) >= 11 is 0. The van der Waals surface area contributed by atoms with Crippen LogP contribution in [0.3, 0.4) is 0 Å². The summed E-state index contributed by atoms with van der Waals surface area (Å²) in [5.41, 5.74) is 3.23. The van der Waals surface area contributed by atoms with Gasteiger partial charge in [0.2, 0.25) is 0 Å². The summed E-state index contributed by atoms with van der Waals surface area (Å²) in [6, 6.07) is 0. The maximum Gasteiger partial charge on any atom is 0.00932 e. The van der Waals surface area contributed by atoms with Crippen LogP contribution in [0.5, 0.6) is 0 Å². The van der Waals surface area contributed by atoms with Crippen LogP contribution in [-0.4, -0.2) is 0 Å². The molecule has 0 bridgehead atoms. The molecule has 0 saturated heterocycles. The molecule has 70 valence electrons. The van der Waals surface area contributed by atoms with Crippen LogP contribution >= 0.6 is 0 Å². The Hall–Kier alpha value is -0.780. The van der Waals surface area contributed by atoms with E-state index in [1.54, 1.807) is 0 Å². The van der Waals surface area contributed by atoms with Crippen molar-refractivity contribution in [2.75, 3.05) is 0 Å². The number of hydrogen-bond donors (Lipinski definition) is 0. The first kappa shape index (κ1) is 8.80. The average Bonchev–Trinajstić information content (AvgIpc) is 2.15. The minimum absolute atomic E-state index is 0.430. The van der Waals surface area contributed by atoms with E-state index in [0.717, 1.165) is 5.92 Å². The Bertz CT molecular complexity index is 282. The fourth-order valence-electron chi connectivity index (χ4n) is 2.20. The first-order valence-electron chi connectivity index (χ1n) is 5.20. The molecule has 2 rings (SSSR count). The van der Waals surface area contributed by atoms with Gasteiger partial charge in [0.1, 0.15) is 0 Å². The van der Waals surface area contributed by atoms with E-state index in [-0.39, 0.29) is 0 Å². The fourth-order valence-corrected chi connectivity index (χ4v) is 2.20. The zero-order valence-electron chi connectivity index (χ0n) is 8.80. The summed E-state index contributed by atoms with van der Waals surface area (Å²) in [7, 11) is 0. The molecule has 0 aromatic carbocycles. The van der Waals surface area contributed by atoms with Gasteiger partial charge in [-0.2, -0.15) is 0 Å². The lowest BCUT2D eigenvalue weighted by Gasteiger charge is -2.45. The number of rotatable bonds is 0. The highest BCUT2D eigenvalue weighted by atomic mass is 14.4. The van der Waals surface area contributed by atoms with E-state index in [1.165, 1.54) is 24.0 Å². The molecule has 2 aliphatic rings. The summed E-state index contributed by atoms with van der Waals surface area (Å²) < 4.78 is 0. The van der Waals surface area contributed by atoms with Gasteiger partial charge in [-0.15, -0.1) is 0 Å². The van der Waals surface area contributed by atoms with Gasteiger partial charge in [0, 0.05) is 5.41 Å². The summed E-state index contributed by atoms with van der Waals surface area (Å²) in [5, 5.41) is 0. The second kappa shape index (κ2) is 2.87. The maximum absolute atomic E-state index is 2.41. The van der Waals surface area contributed by atoms with Gasteiger partial charge in [0.25, 0.3) is 0 Å². The van der Waals surface area contributed by atoms with E-state index in [0.29, 0.717) is 5.41 Å². The van der Waals surface area contributed by atoms with Gasteiger partial charge in [0.15, 0.2) is 0 Å². The van der Waals surface area contributed by atoms with Crippen LogP contribution in [-0.2, 0) is 0 Å². The van der Waals surface area contributed by atoms with Crippen molar-refractivity contribution in [1.82, 2.24) is 0 Å². The second-order valence-corrected chi connectivity index (χ2v) is 4.67. The van der Waals surface area contributed by atoms with Crippen LogP contribution in [0.1, 0.15) is 33.6 Å². The monoisotopic (exact) mass is 174 g/mol. The first-order chi connectivity index (χ1) is 6.14. The molecule has 1 saturated carbocycles. The highest BCUT2D eigenvalue weighted by molar-refractivity contribution is 5.42. The van der Waals surface area contributed by atoms with Crippen LogP contribution in [0, 0.1) is 11.3 Å². The quantitative estimate of drug-likeness (QED) is 0.523. The van der Waals surface area contributed by atoms with E-state index in [1.807, 2.05) is 0 Å². The van der Waals surface area contributed by atoms with E-state index in [2.05, 4.69) is 45.1 Å². The van der Waals surface area contributed by atoms with Crippen molar-refractivity contribution >= 4 is 0 Å². The molecule has 0 N–H and O–H groups in total. The zero-order valence-corrected chi connectivity index (χ0v) is 8.80. The lowest BCUT2D eigenvalue weighted by atomic mass is 9.59. The molecule has 1 atom stereocenters. The highest BCUT2D eigenvalue weighted by Crippen LogP contribution is 2.50. The van der Waals surface area contributed by atoms with Crippen molar-refractivity contribution in [2.24, 2.45) is 11.3 Å². The summed E-state index contributed by atoms with van der Waals surface area (Å²) in [6.45, 7) is 6.70. The van der Waals surface area contributed by atoms with Gasteiger partial charge in [-0.1, -0.05) is 36.8 Å². The van der Waals surface area contributed by atoms with Crippen LogP contribution in [0.25, 0.3) is 0 Å². The molecule has 0 radical (unpaired) electrons. The number of allylic oxidation sites excluding steroid dienone is 6. The predicted octanol–water partition coefficient (Wildman–Crippen LogP) is 3.87. The van der Waals surface area contributed by atoms with Crippen LogP contribution in [0.15, 0.2) is 35.5 Å². The Morgan fingerprint density at radius 3 is 2.23 bits per heavy atom. The molecule has 13 heavy (non-hydrogen) atoms. The van der Waals surface area contributed by atoms with E-state index < -0.39 is 0 Å². The molecule has 0 nitrogen and oxygen atoms in total. The van der Waals surface area contributed by atoms with Crippen LogP contribution in [0.4, 0.5) is 0 Å². The molecule has 2 aliphatic carbocycles. The standard InChI is InChI=1S/C13H18/c1-10(2)12-5-8-13(9-6-12)7-4-11(13)3/h5-6,8-9,11H,4,7H2,1-3H3. The van der Waals surface area contributed by atoms with Gasteiger partial charge in [-0.05, 0) is 38.2 Å². The molecule has 0 heterocycles. The molecule has 0 heteroatoms. The third kappa shape index (κ3) is 1.29. The van der Waals surface area contributed by atoms with E-state index >= 15 is 0 Å². The minimum Gasteiger partial charge on any atom is -0.0737 e. The first-order valence-corrected chi connectivity index (χ1v) is 5.20. The molecule has 0 amide bonds. The van der Waals surface area contributed by atoms with Crippen molar-refractivity contribution in [3.05, 3.63) is 35.5 Å². The number of hydrogen-bond acceptors (Lipinski definition) is 0. The third-order valence-corrected chi connectivity index (χ3v) is 3.65. The Balaban J connectivity index is 2.23.